The number of aromatic nitrogens is 2. The van der Waals surface area contributed by atoms with Crippen LogP contribution in [0.2, 0.25) is 0 Å². The first-order valence-electron chi connectivity index (χ1n) is 6.44. The zero-order valence-electron chi connectivity index (χ0n) is 10.9. The molecule has 110 valence electrons. The molecule has 8 heteroatoms. The van der Waals surface area contributed by atoms with E-state index in [2.05, 4.69) is 20.8 Å². The fourth-order valence-corrected chi connectivity index (χ4v) is 1.76. The molecular formula is C13H12F2N4O2. The molecule has 2 N–H and O–H groups in total. The van der Waals surface area contributed by atoms with Crippen molar-refractivity contribution in [2.24, 2.45) is 0 Å². The summed E-state index contributed by atoms with van der Waals surface area (Å²) in [5.41, 5.74) is -0.113. The van der Waals surface area contributed by atoms with Gasteiger partial charge in [-0.3, -0.25) is 0 Å². The highest BCUT2D eigenvalue weighted by Gasteiger charge is 2.28. The number of benzene rings is 1. The van der Waals surface area contributed by atoms with Gasteiger partial charge in [0.1, 0.15) is 11.6 Å². The number of anilines is 1. The van der Waals surface area contributed by atoms with Gasteiger partial charge < -0.3 is 15.2 Å². The summed E-state index contributed by atoms with van der Waals surface area (Å²) >= 11 is 0. The van der Waals surface area contributed by atoms with Gasteiger partial charge in [0.2, 0.25) is 5.89 Å². The van der Waals surface area contributed by atoms with E-state index >= 15 is 0 Å². The topological polar surface area (TPSA) is 80.1 Å². The summed E-state index contributed by atoms with van der Waals surface area (Å²) in [6.07, 6.45) is 2.10. The Morgan fingerprint density at radius 2 is 2.19 bits per heavy atom. The van der Waals surface area contributed by atoms with Crippen molar-refractivity contribution in [3.63, 3.8) is 0 Å². The lowest BCUT2D eigenvalue weighted by atomic mass is 10.3. The van der Waals surface area contributed by atoms with E-state index < -0.39 is 17.7 Å². The fourth-order valence-electron chi connectivity index (χ4n) is 1.76. The minimum Gasteiger partial charge on any atom is -0.337 e. The van der Waals surface area contributed by atoms with E-state index in [0.717, 1.165) is 25.0 Å². The molecule has 6 nitrogen and oxygen atoms in total. The second-order valence-electron chi connectivity index (χ2n) is 4.75. The maximum absolute atomic E-state index is 13.3. The molecule has 0 atom stereocenters. The number of carbonyl (C=O) groups is 1. The SMILES string of the molecule is O=C(NCc1nc(C2CC2)no1)Nc1ccc(F)cc1F. The van der Waals surface area contributed by atoms with Crippen molar-refractivity contribution >= 4 is 11.7 Å². The van der Waals surface area contributed by atoms with E-state index in [-0.39, 0.29) is 18.1 Å². The Balaban J connectivity index is 1.53. The van der Waals surface area contributed by atoms with Gasteiger partial charge in [0.15, 0.2) is 5.82 Å². The van der Waals surface area contributed by atoms with Gasteiger partial charge in [-0.2, -0.15) is 4.98 Å². The summed E-state index contributed by atoms with van der Waals surface area (Å²) in [6.45, 7) is 0.0361. The normalized spacial score (nSPS) is 14.0. The van der Waals surface area contributed by atoms with Gasteiger partial charge in [-0.05, 0) is 25.0 Å². The molecule has 1 saturated carbocycles. The van der Waals surface area contributed by atoms with Crippen molar-refractivity contribution in [2.75, 3.05) is 5.32 Å². The van der Waals surface area contributed by atoms with Gasteiger partial charge in [-0.1, -0.05) is 5.16 Å². The number of hydrogen-bond donors (Lipinski definition) is 2. The van der Waals surface area contributed by atoms with Crippen molar-refractivity contribution in [2.45, 2.75) is 25.3 Å². The third kappa shape index (κ3) is 3.33. The molecular weight excluding hydrogens is 282 g/mol. The number of carbonyl (C=O) groups excluding carboxylic acids is 1. The first-order chi connectivity index (χ1) is 10.1. The molecule has 1 aromatic carbocycles. The number of halogens is 2. The molecule has 0 spiro atoms. The summed E-state index contributed by atoms with van der Waals surface area (Å²) in [6, 6.07) is 2.24. The van der Waals surface area contributed by atoms with Crippen LogP contribution in [0, 0.1) is 11.6 Å². The second kappa shape index (κ2) is 5.47. The van der Waals surface area contributed by atoms with E-state index in [1.807, 2.05) is 0 Å². The van der Waals surface area contributed by atoms with Crippen molar-refractivity contribution in [3.05, 3.63) is 41.5 Å². The Morgan fingerprint density at radius 3 is 2.90 bits per heavy atom. The van der Waals surface area contributed by atoms with E-state index in [1.165, 1.54) is 0 Å². The lowest BCUT2D eigenvalue weighted by Crippen LogP contribution is -2.28. The summed E-state index contributed by atoms with van der Waals surface area (Å²) in [7, 11) is 0. The molecule has 0 saturated heterocycles. The van der Waals surface area contributed by atoms with Crippen molar-refractivity contribution in [1.29, 1.82) is 0 Å². The first-order valence-corrected chi connectivity index (χ1v) is 6.44. The molecule has 2 aromatic rings. The Morgan fingerprint density at radius 1 is 1.38 bits per heavy atom. The van der Waals surface area contributed by atoms with Crippen LogP contribution in [0.1, 0.15) is 30.5 Å². The van der Waals surface area contributed by atoms with E-state index in [0.29, 0.717) is 17.8 Å². The molecule has 1 aliphatic carbocycles. The van der Waals surface area contributed by atoms with Crippen LogP contribution in [0.3, 0.4) is 0 Å². The Labute approximate surface area is 118 Å². The third-order valence-corrected chi connectivity index (χ3v) is 3.01. The molecule has 1 aromatic heterocycles. The summed E-state index contributed by atoms with van der Waals surface area (Å²) in [5, 5.41) is 8.53. The zero-order valence-corrected chi connectivity index (χ0v) is 10.9. The van der Waals surface area contributed by atoms with E-state index in [4.69, 9.17) is 4.52 Å². The zero-order chi connectivity index (χ0) is 14.8. The molecule has 0 radical (unpaired) electrons. The van der Waals surface area contributed by atoms with Crippen LogP contribution in [0.5, 0.6) is 0 Å². The molecule has 1 aliphatic rings. The lowest BCUT2D eigenvalue weighted by molar-refractivity contribution is 0.249. The number of hydrogen-bond acceptors (Lipinski definition) is 4. The summed E-state index contributed by atoms with van der Waals surface area (Å²) < 4.78 is 31.1. The van der Waals surface area contributed by atoms with Gasteiger partial charge in [0.05, 0.1) is 12.2 Å². The highest BCUT2D eigenvalue weighted by molar-refractivity contribution is 5.89. The first kappa shape index (κ1) is 13.5. The van der Waals surface area contributed by atoms with Crippen molar-refractivity contribution < 1.29 is 18.1 Å². The molecule has 21 heavy (non-hydrogen) atoms. The highest BCUT2D eigenvalue weighted by atomic mass is 19.1. The highest BCUT2D eigenvalue weighted by Crippen LogP contribution is 2.38. The lowest BCUT2D eigenvalue weighted by Gasteiger charge is -2.06. The monoisotopic (exact) mass is 294 g/mol. The van der Waals surface area contributed by atoms with Crippen LogP contribution in [-0.2, 0) is 6.54 Å². The van der Waals surface area contributed by atoms with Crippen LogP contribution in [0.15, 0.2) is 22.7 Å². The maximum Gasteiger partial charge on any atom is 0.319 e. The molecule has 0 aliphatic heterocycles. The van der Waals surface area contributed by atoms with Gasteiger partial charge in [-0.25, -0.2) is 13.6 Å². The third-order valence-electron chi connectivity index (χ3n) is 3.01. The molecule has 2 amide bonds. The van der Waals surface area contributed by atoms with E-state index in [9.17, 15) is 13.6 Å². The number of rotatable bonds is 4. The maximum atomic E-state index is 13.3. The summed E-state index contributed by atoms with van der Waals surface area (Å²) in [5.74, 6) is -0.260. The van der Waals surface area contributed by atoms with Gasteiger partial charge in [0.25, 0.3) is 0 Å². The van der Waals surface area contributed by atoms with Gasteiger partial charge in [0, 0.05) is 12.0 Å². The van der Waals surface area contributed by atoms with Crippen molar-refractivity contribution in [1.82, 2.24) is 15.5 Å². The molecule has 1 heterocycles. The van der Waals surface area contributed by atoms with E-state index in [1.54, 1.807) is 0 Å². The van der Waals surface area contributed by atoms with Crippen LogP contribution in [0.25, 0.3) is 0 Å². The second-order valence-corrected chi connectivity index (χ2v) is 4.75. The Bertz CT molecular complexity index is 670. The van der Waals surface area contributed by atoms with Gasteiger partial charge in [-0.15, -0.1) is 0 Å². The molecule has 0 unspecified atom stereocenters. The minimum atomic E-state index is -0.848. The quantitative estimate of drug-likeness (QED) is 0.908. The number of urea groups is 1. The number of amides is 2. The van der Waals surface area contributed by atoms with Gasteiger partial charge >= 0.3 is 6.03 Å². The molecule has 3 rings (SSSR count). The van der Waals surface area contributed by atoms with Crippen LogP contribution < -0.4 is 10.6 Å². The minimum absolute atomic E-state index is 0.0361. The predicted molar refractivity (Wildman–Crippen MR) is 68.5 cm³/mol. The van der Waals surface area contributed by atoms with Crippen LogP contribution in [-0.4, -0.2) is 16.2 Å². The summed E-state index contributed by atoms with van der Waals surface area (Å²) in [4.78, 5) is 15.7. The van der Waals surface area contributed by atoms with Crippen LogP contribution in [0.4, 0.5) is 19.3 Å². The van der Waals surface area contributed by atoms with Crippen molar-refractivity contribution in [3.8, 4) is 0 Å². The smallest absolute Gasteiger partial charge is 0.319 e. The number of nitrogens with zero attached hydrogens (tertiary/aromatic N) is 2. The molecule has 0 bridgehead atoms. The van der Waals surface area contributed by atoms with Crippen LogP contribution >= 0.6 is 0 Å². The Kier molecular flexibility index (Phi) is 3.51. The average molecular weight is 294 g/mol. The number of nitrogens with one attached hydrogen (secondary N) is 2. The standard InChI is InChI=1S/C13H12F2N4O2/c14-8-3-4-10(9(15)5-8)17-13(20)16-6-11-18-12(19-21-11)7-1-2-7/h3-5,7H,1-2,6H2,(H2,16,17,20). The predicted octanol–water partition coefficient (Wildman–Crippen LogP) is 2.55. The Hall–Kier alpha value is -2.51. The largest absolute Gasteiger partial charge is 0.337 e. The average Bonchev–Trinajstić information content (AvgIpc) is 3.19. The fraction of sp³-hybridized carbons (Fsp3) is 0.308. The molecule has 1 fully saturated rings.